The summed E-state index contributed by atoms with van der Waals surface area (Å²) in [4.78, 5) is 2.76. The predicted octanol–water partition coefficient (Wildman–Crippen LogP) is 3.81. The maximum atomic E-state index is 3.70. The highest BCUT2D eigenvalue weighted by molar-refractivity contribution is 4.79. The average molecular weight is 254 g/mol. The van der Waals surface area contributed by atoms with Gasteiger partial charge in [0.05, 0.1) is 0 Å². The van der Waals surface area contributed by atoms with Gasteiger partial charge >= 0.3 is 0 Å². The summed E-state index contributed by atoms with van der Waals surface area (Å²) in [7, 11) is 0. The van der Waals surface area contributed by atoms with Crippen LogP contribution >= 0.6 is 0 Å². The third-order valence-corrected chi connectivity index (χ3v) is 4.26. The van der Waals surface area contributed by atoms with Crippen molar-refractivity contribution in [1.82, 2.24) is 10.2 Å². The molecule has 0 aliphatic carbocycles. The summed E-state index contributed by atoms with van der Waals surface area (Å²) in [5.74, 6) is 0. The lowest BCUT2D eigenvalue weighted by Gasteiger charge is -2.35. The van der Waals surface area contributed by atoms with Crippen molar-refractivity contribution in [2.24, 2.45) is 0 Å². The third kappa shape index (κ3) is 5.71. The van der Waals surface area contributed by atoms with Crippen LogP contribution in [0, 0.1) is 0 Å². The summed E-state index contributed by atoms with van der Waals surface area (Å²) in [6.45, 7) is 10.8. The first-order chi connectivity index (χ1) is 8.81. The zero-order valence-electron chi connectivity index (χ0n) is 12.9. The number of nitrogens with zero attached hydrogens (tertiary/aromatic N) is 1. The smallest absolute Gasteiger partial charge is 0.0195 e. The van der Waals surface area contributed by atoms with Crippen LogP contribution in [-0.4, -0.2) is 36.6 Å². The molecule has 2 nitrogen and oxygen atoms in total. The van der Waals surface area contributed by atoms with Crippen LogP contribution in [0.25, 0.3) is 0 Å². The molecule has 1 N–H and O–H groups in total. The fourth-order valence-corrected chi connectivity index (χ4v) is 3.16. The first-order valence-corrected chi connectivity index (χ1v) is 8.29. The second-order valence-corrected chi connectivity index (χ2v) is 5.85. The van der Waals surface area contributed by atoms with Gasteiger partial charge in [0.2, 0.25) is 0 Å². The number of hydrogen-bond donors (Lipinski definition) is 1. The van der Waals surface area contributed by atoms with Gasteiger partial charge in [-0.15, -0.1) is 0 Å². The van der Waals surface area contributed by atoms with Crippen molar-refractivity contribution >= 4 is 0 Å². The fourth-order valence-electron chi connectivity index (χ4n) is 3.16. The Labute approximate surface area is 115 Å². The molecule has 2 atom stereocenters. The van der Waals surface area contributed by atoms with Crippen LogP contribution in [0.2, 0.25) is 0 Å². The van der Waals surface area contributed by atoms with Gasteiger partial charge in [-0.1, -0.05) is 40.0 Å². The Bertz CT molecular complexity index is 188. The van der Waals surface area contributed by atoms with E-state index in [4.69, 9.17) is 0 Å². The molecule has 0 aromatic carbocycles. The standard InChI is InChI=1S/C16H34N2/c1-4-7-11-16(6-3)18(13-5-2)14-15-10-8-9-12-17-15/h15-17H,4-14H2,1-3H3. The Kier molecular flexibility index (Phi) is 8.70. The molecule has 1 rings (SSSR count). The number of rotatable bonds is 9. The Morgan fingerprint density at radius 1 is 1.17 bits per heavy atom. The van der Waals surface area contributed by atoms with Crippen molar-refractivity contribution < 1.29 is 0 Å². The molecule has 1 aliphatic rings. The van der Waals surface area contributed by atoms with E-state index < -0.39 is 0 Å². The second-order valence-electron chi connectivity index (χ2n) is 5.85. The molecule has 0 aromatic rings. The summed E-state index contributed by atoms with van der Waals surface area (Å²) in [5.41, 5.74) is 0. The Morgan fingerprint density at radius 2 is 2.00 bits per heavy atom. The van der Waals surface area contributed by atoms with Crippen LogP contribution in [-0.2, 0) is 0 Å². The minimum absolute atomic E-state index is 0.751. The largest absolute Gasteiger partial charge is 0.313 e. The van der Waals surface area contributed by atoms with E-state index >= 15 is 0 Å². The zero-order chi connectivity index (χ0) is 13.2. The first-order valence-electron chi connectivity index (χ1n) is 8.29. The highest BCUT2D eigenvalue weighted by Crippen LogP contribution is 2.16. The molecule has 1 saturated heterocycles. The van der Waals surface area contributed by atoms with Crippen molar-refractivity contribution in [3.05, 3.63) is 0 Å². The maximum absolute atomic E-state index is 3.70. The summed E-state index contributed by atoms with van der Waals surface area (Å²) in [6.07, 6.45) is 10.9. The van der Waals surface area contributed by atoms with E-state index in [1.54, 1.807) is 0 Å². The van der Waals surface area contributed by atoms with Crippen LogP contribution in [0.5, 0.6) is 0 Å². The molecule has 0 saturated carbocycles. The molecule has 1 aliphatic heterocycles. The lowest BCUT2D eigenvalue weighted by atomic mass is 10.0. The first kappa shape index (κ1) is 16.0. The minimum Gasteiger partial charge on any atom is -0.313 e. The van der Waals surface area contributed by atoms with Crippen LogP contribution in [0.3, 0.4) is 0 Å². The van der Waals surface area contributed by atoms with Crippen LogP contribution in [0.15, 0.2) is 0 Å². The van der Waals surface area contributed by atoms with Crippen LogP contribution in [0.4, 0.5) is 0 Å². The van der Waals surface area contributed by atoms with Crippen LogP contribution in [0.1, 0.15) is 72.1 Å². The summed E-state index contributed by atoms with van der Waals surface area (Å²) in [5, 5.41) is 3.70. The van der Waals surface area contributed by atoms with Gasteiger partial charge in [0.15, 0.2) is 0 Å². The number of piperidine rings is 1. The van der Waals surface area contributed by atoms with Gasteiger partial charge in [-0.05, 0) is 45.2 Å². The maximum Gasteiger partial charge on any atom is 0.0195 e. The van der Waals surface area contributed by atoms with Crippen LogP contribution < -0.4 is 5.32 Å². The van der Waals surface area contributed by atoms with E-state index in [1.165, 1.54) is 71.0 Å². The summed E-state index contributed by atoms with van der Waals surface area (Å²) >= 11 is 0. The van der Waals surface area contributed by atoms with E-state index in [0.29, 0.717) is 0 Å². The number of hydrogen-bond acceptors (Lipinski definition) is 2. The number of nitrogens with one attached hydrogen (secondary N) is 1. The fraction of sp³-hybridized carbons (Fsp3) is 1.00. The molecule has 0 amide bonds. The Hall–Kier alpha value is -0.0800. The van der Waals surface area contributed by atoms with Gasteiger partial charge < -0.3 is 5.32 Å². The Balaban J connectivity index is 2.44. The van der Waals surface area contributed by atoms with Gasteiger partial charge in [-0.25, -0.2) is 0 Å². The molecule has 1 fully saturated rings. The highest BCUT2D eigenvalue weighted by atomic mass is 15.2. The lowest BCUT2D eigenvalue weighted by molar-refractivity contribution is 0.152. The van der Waals surface area contributed by atoms with E-state index in [-0.39, 0.29) is 0 Å². The molecule has 0 radical (unpaired) electrons. The summed E-state index contributed by atoms with van der Waals surface area (Å²) < 4.78 is 0. The molecule has 108 valence electrons. The zero-order valence-corrected chi connectivity index (χ0v) is 12.9. The number of unbranched alkanes of at least 4 members (excludes halogenated alkanes) is 1. The second kappa shape index (κ2) is 9.80. The average Bonchev–Trinajstić information content (AvgIpc) is 2.41. The molecule has 0 bridgehead atoms. The Morgan fingerprint density at radius 3 is 2.56 bits per heavy atom. The third-order valence-electron chi connectivity index (χ3n) is 4.26. The van der Waals surface area contributed by atoms with Crippen molar-refractivity contribution in [2.75, 3.05) is 19.6 Å². The lowest BCUT2D eigenvalue weighted by Crippen LogP contribution is -2.47. The minimum atomic E-state index is 0.751. The van der Waals surface area contributed by atoms with Gasteiger partial charge in [0.25, 0.3) is 0 Å². The predicted molar refractivity (Wildman–Crippen MR) is 81.1 cm³/mol. The van der Waals surface area contributed by atoms with Crippen molar-refractivity contribution in [2.45, 2.75) is 84.2 Å². The van der Waals surface area contributed by atoms with E-state index in [0.717, 1.165) is 12.1 Å². The molecule has 1 heterocycles. The molecule has 2 heteroatoms. The van der Waals surface area contributed by atoms with E-state index in [9.17, 15) is 0 Å². The highest BCUT2D eigenvalue weighted by Gasteiger charge is 2.21. The molecular formula is C16H34N2. The molecule has 0 spiro atoms. The van der Waals surface area contributed by atoms with Crippen molar-refractivity contribution in [1.29, 1.82) is 0 Å². The normalized spacial score (nSPS) is 22.3. The van der Waals surface area contributed by atoms with Gasteiger partial charge in [-0.3, -0.25) is 4.90 Å². The van der Waals surface area contributed by atoms with Gasteiger partial charge in [0, 0.05) is 18.6 Å². The monoisotopic (exact) mass is 254 g/mol. The molecular weight excluding hydrogens is 220 g/mol. The van der Waals surface area contributed by atoms with Crippen molar-refractivity contribution in [3.8, 4) is 0 Å². The topological polar surface area (TPSA) is 15.3 Å². The van der Waals surface area contributed by atoms with E-state index in [2.05, 4.69) is 31.0 Å². The molecule has 2 unspecified atom stereocenters. The molecule has 18 heavy (non-hydrogen) atoms. The quantitative estimate of drug-likeness (QED) is 0.673. The summed E-state index contributed by atoms with van der Waals surface area (Å²) in [6, 6.07) is 1.56. The SMILES string of the molecule is CCCCC(CC)N(CCC)CC1CCCCN1. The van der Waals surface area contributed by atoms with Crippen molar-refractivity contribution in [3.63, 3.8) is 0 Å². The van der Waals surface area contributed by atoms with Gasteiger partial charge in [0.1, 0.15) is 0 Å². The van der Waals surface area contributed by atoms with Gasteiger partial charge in [-0.2, -0.15) is 0 Å². The van der Waals surface area contributed by atoms with E-state index in [1.807, 2.05) is 0 Å². The molecule has 0 aromatic heterocycles.